The summed E-state index contributed by atoms with van der Waals surface area (Å²) in [4.78, 5) is 130. The van der Waals surface area contributed by atoms with Crippen LogP contribution in [0.2, 0.25) is 0 Å². The first-order valence-electron chi connectivity index (χ1n) is 50.0. The van der Waals surface area contributed by atoms with E-state index in [1.165, 1.54) is 0 Å². The van der Waals surface area contributed by atoms with Crippen molar-refractivity contribution < 1.29 is 47.9 Å². The van der Waals surface area contributed by atoms with E-state index < -0.39 is 48.2 Å². The summed E-state index contributed by atoms with van der Waals surface area (Å²) < 4.78 is 0. The molecule has 0 unspecified atom stereocenters. The number of carbonyl (C=O) groups is 10. The third-order valence-electron chi connectivity index (χ3n) is 24.2. The maximum absolute atomic E-state index is 13.2. The second-order valence-electron chi connectivity index (χ2n) is 37.6. The molecule has 0 fully saturated rings. The van der Waals surface area contributed by atoms with Crippen LogP contribution >= 0.6 is 24.4 Å². The highest BCUT2D eigenvalue weighted by atomic mass is 32.1. The highest BCUT2D eigenvalue weighted by Crippen LogP contribution is 2.36. The number of rotatable bonds is 16. The van der Waals surface area contributed by atoms with Crippen molar-refractivity contribution in [3.63, 3.8) is 0 Å². The average Bonchev–Trinajstić information content (AvgIpc) is 0.813. The quantitative estimate of drug-likeness (QED) is 0.0400. The molecule has 36 heteroatoms. The molecule has 6 bridgehead atoms. The fourth-order valence-electron chi connectivity index (χ4n) is 16.7. The molecule has 0 radical (unpaired) electrons. The molecule has 20 amide bonds. The average molecular weight is 2060 g/mol. The van der Waals surface area contributed by atoms with Gasteiger partial charge < -0.3 is 128 Å². The SMILES string of the molecule is CC(C)c1cc(C(C)C)c(CNC(=O)Nc2ccccc2NC(=S)Nc2ccccc2)cc1CNC(=O)Nc1ccccc1NC(=S)Nc1ccccc1.CC(C)c1cc(C(C)C)c2cc1CNC(=O)Nc1ccccc1NC(=O)NCCCCNC(=O)Nc1ccccc1NC(=O)NC2.CC(C)c1cc(C(C)C)c2cc1CNC(=O)Nc1ccccc1NC(=O)NCc1cccc(c1)CNC(=O)Nc1ccccc1NC(=O)NC2. The summed E-state index contributed by atoms with van der Waals surface area (Å²) in [6.07, 6.45) is 1.26. The summed E-state index contributed by atoms with van der Waals surface area (Å²) in [6, 6.07) is 77.8. The molecule has 0 atom stereocenters. The van der Waals surface area contributed by atoms with Gasteiger partial charge in [0, 0.05) is 76.8 Å². The normalized spacial score (nSPS) is 13.5. The Hall–Kier alpha value is -17.3. The van der Waals surface area contributed by atoms with Crippen molar-refractivity contribution in [2.45, 2.75) is 184 Å². The molecule has 0 aliphatic carbocycles. The predicted molar refractivity (Wildman–Crippen MR) is 612 cm³/mol. The summed E-state index contributed by atoms with van der Waals surface area (Å²) in [6.45, 7) is 28.2. The van der Waals surface area contributed by atoms with Gasteiger partial charge in [-0.15, -0.1) is 0 Å². The number of thiocarbonyl (C=S) groups is 2. The third-order valence-corrected chi connectivity index (χ3v) is 24.7. The molecule has 2 heterocycles. The lowest BCUT2D eigenvalue weighted by Crippen LogP contribution is -2.33. The number of amides is 20. The molecule has 782 valence electrons. The fraction of sp³-hybridized carbons (Fsp3) is 0.263. The van der Waals surface area contributed by atoms with Gasteiger partial charge in [-0.25, -0.2) is 47.9 Å². The van der Waals surface area contributed by atoms with E-state index in [1.54, 1.807) is 97.1 Å². The number of benzene rings is 12. The summed E-state index contributed by atoms with van der Waals surface area (Å²) in [5.74, 6) is 1.19. The number of carbonyl (C=O) groups excluding carboxylic acids is 10. The van der Waals surface area contributed by atoms with Crippen molar-refractivity contribution in [1.82, 2.24) is 53.2 Å². The number of urea groups is 10. The molecule has 150 heavy (non-hydrogen) atoms. The maximum atomic E-state index is 13.2. The number of hydrogen-bond donors (Lipinski definition) is 24. The second kappa shape index (κ2) is 55.9. The van der Waals surface area contributed by atoms with Crippen LogP contribution in [0.15, 0.2) is 267 Å². The van der Waals surface area contributed by atoms with Crippen molar-refractivity contribution in [3.8, 4) is 0 Å². The smallest absolute Gasteiger partial charge is 0.319 e. The molecule has 0 aromatic heterocycles. The van der Waals surface area contributed by atoms with Gasteiger partial charge in [-0.3, -0.25) is 0 Å². The lowest BCUT2D eigenvalue weighted by molar-refractivity contribution is 0.250. The van der Waals surface area contributed by atoms with Crippen LogP contribution in [0.4, 0.5) is 128 Å². The minimum Gasteiger partial charge on any atom is -0.338 e. The number of hydrogen-bond acceptors (Lipinski definition) is 12. The van der Waals surface area contributed by atoms with Gasteiger partial charge in [0.15, 0.2) is 10.2 Å². The van der Waals surface area contributed by atoms with E-state index >= 15 is 0 Å². The Balaban J connectivity index is 0.000000200. The van der Waals surface area contributed by atoms with Gasteiger partial charge in [0.1, 0.15) is 0 Å². The minimum atomic E-state index is -0.442. The van der Waals surface area contributed by atoms with Gasteiger partial charge in [-0.05, 0) is 248 Å². The van der Waals surface area contributed by atoms with Crippen molar-refractivity contribution >= 4 is 175 Å². The minimum absolute atomic E-state index is 0.185. The van der Waals surface area contributed by atoms with Gasteiger partial charge in [-0.1, -0.05) is 253 Å². The van der Waals surface area contributed by atoms with E-state index in [0.29, 0.717) is 104 Å². The molecule has 2 aliphatic rings. The summed E-state index contributed by atoms with van der Waals surface area (Å²) in [5, 5.41) is 71.1. The number of fused-ring (bicyclic) bond motifs is 10. The van der Waals surface area contributed by atoms with Crippen molar-refractivity contribution in [1.29, 1.82) is 0 Å². The molecule has 0 saturated heterocycles. The zero-order chi connectivity index (χ0) is 107. The molecule has 24 N–H and O–H groups in total. The number of nitrogens with one attached hydrogen (secondary N) is 24. The van der Waals surface area contributed by atoms with E-state index in [4.69, 9.17) is 24.4 Å². The Morgan fingerprint density at radius 2 is 0.480 bits per heavy atom. The molecule has 0 spiro atoms. The largest absolute Gasteiger partial charge is 0.338 e. The first kappa shape index (κ1) is 111. The van der Waals surface area contributed by atoms with Gasteiger partial charge in [0.05, 0.1) is 68.2 Å². The molecule has 34 nitrogen and oxygen atoms in total. The van der Waals surface area contributed by atoms with Crippen LogP contribution in [0, 0.1) is 0 Å². The molecule has 2 aliphatic heterocycles. The highest BCUT2D eigenvalue weighted by Gasteiger charge is 2.25. The Morgan fingerprint density at radius 3 is 0.747 bits per heavy atom. The monoisotopic (exact) mass is 2060 g/mol. The summed E-state index contributed by atoms with van der Waals surface area (Å²) in [7, 11) is 0. The zero-order valence-corrected chi connectivity index (χ0v) is 87.9. The Kier molecular flexibility index (Phi) is 41.5. The van der Waals surface area contributed by atoms with Crippen LogP contribution in [0.5, 0.6) is 0 Å². The Morgan fingerprint density at radius 1 is 0.247 bits per heavy atom. The van der Waals surface area contributed by atoms with E-state index in [9.17, 15) is 47.9 Å². The number of para-hydroxylation sites is 14. The summed E-state index contributed by atoms with van der Waals surface area (Å²) in [5.41, 5.74) is 21.7. The molecule has 14 rings (SSSR count). The molecular formula is C114H134N24O10S2. The van der Waals surface area contributed by atoms with Crippen molar-refractivity contribution in [2.24, 2.45) is 0 Å². The van der Waals surface area contributed by atoms with Gasteiger partial charge in [-0.2, -0.15) is 0 Å². The van der Waals surface area contributed by atoms with E-state index in [2.05, 4.69) is 235 Å². The molecule has 12 aromatic rings. The first-order chi connectivity index (χ1) is 72.2. The Labute approximate surface area is 886 Å². The predicted octanol–water partition coefficient (Wildman–Crippen LogP) is 24.3. The molecule has 0 saturated carbocycles. The van der Waals surface area contributed by atoms with Gasteiger partial charge >= 0.3 is 60.3 Å². The van der Waals surface area contributed by atoms with Crippen LogP contribution < -0.4 is 128 Å². The van der Waals surface area contributed by atoms with Crippen LogP contribution in [-0.2, 0) is 52.4 Å². The van der Waals surface area contributed by atoms with Gasteiger partial charge in [0.2, 0.25) is 0 Å². The topological polar surface area (TPSA) is 459 Å². The van der Waals surface area contributed by atoms with Crippen molar-refractivity contribution in [2.75, 3.05) is 87.5 Å². The van der Waals surface area contributed by atoms with Crippen LogP contribution in [0.1, 0.15) is 209 Å². The van der Waals surface area contributed by atoms with E-state index in [0.717, 1.165) is 89.3 Å². The van der Waals surface area contributed by atoms with Crippen LogP contribution in [-0.4, -0.2) is 83.6 Å². The lowest BCUT2D eigenvalue weighted by atomic mass is 9.87. The second-order valence-corrected chi connectivity index (χ2v) is 38.4. The standard InChI is InChI=1S/C42H46N8O2S2.C38H44N8O4.C34H44N8O4/c1-27(2)33-24-34(28(3)4)30(26-44-40(52)48-36-20-12-14-22-38(36)50-42(54)46-32-17-9-6-10-18-32)23-29(33)25-43-39(51)47-35-19-11-13-21-37(35)49-41(53)45-31-15-7-5-8-16-31;1-23(2)29-18-30(24(3)4)28-17-27(29)21-41-37(49)45-33-14-7-5-12-31(33)43-35(47)39-19-25-10-9-11-26(16-25)20-40-36(48)44-32-13-6-8-15-34(32)46-38(50)42-22-28;1-21(2)25-18-26(22(3)4)24-17-23(25)19-37-33(45)41-29-13-7-5-11-27(29)39-31(43)35-15-9-10-16-36-32(44)40-28-12-6-8-14-30(28)42-34(46)38-20-24/h5-24,27-28H,25-26H2,1-4H3,(H2,43,47,51)(H2,44,48,52)(H2,45,49,53)(H2,46,50,54);5-18,23-24H,19-22H2,1-4H3,(H2,39,43,47)(H2,40,44,48)(H2,41,45,49)(H2,42,46,50);5-8,11-14,17-18,21-22H,9-10,15-16,19-20H2,1-4H3,(H2,35,39,43)(H2,36,40,44)(H2,37,41,45)(H2,38,42,46). The van der Waals surface area contributed by atoms with Gasteiger partial charge in [0.25, 0.3) is 0 Å². The molecular weight excluding hydrogens is 1930 g/mol. The lowest BCUT2D eigenvalue weighted by Gasteiger charge is -2.22. The van der Waals surface area contributed by atoms with Crippen LogP contribution in [0.3, 0.4) is 0 Å². The van der Waals surface area contributed by atoms with Crippen LogP contribution in [0.25, 0.3) is 0 Å². The third kappa shape index (κ3) is 34.7. The first-order valence-corrected chi connectivity index (χ1v) is 50.9. The number of anilines is 14. The maximum Gasteiger partial charge on any atom is 0.319 e. The Bertz CT molecular complexity index is 6390. The van der Waals surface area contributed by atoms with Crippen molar-refractivity contribution in [3.05, 3.63) is 345 Å². The highest BCUT2D eigenvalue weighted by molar-refractivity contribution is 7.81. The summed E-state index contributed by atoms with van der Waals surface area (Å²) >= 11 is 11.0. The van der Waals surface area contributed by atoms with E-state index in [1.807, 2.05) is 146 Å². The fourth-order valence-corrected chi connectivity index (χ4v) is 17.2. The van der Waals surface area contributed by atoms with E-state index in [-0.39, 0.29) is 99.9 Å². The molecule has 12 aromatic carbocycles. The zero-order valence-electron chi connectivity index (χ0n) is 86.3.